The summed E-state index contributed by atoms with van der Waals surface area (Å²) in [5, 5.41) is -0.0646. The number of hydrogen-bond acceptors (Lipinski definition) is 8. The van der Waals surface area contributed by atoms with E-state index in [9.17, 15) is 26.7 Å². The first-order valence-electron chi connectivity index (χ1n) is 10.7. The third-order valence-corrected chi connectivity index (χ3v) is 6.22. The molecule has 196 valence electrons. The fourth-order valence-electron chi connectivity index (χ4n) is 4.23. The van der Waals surface area contributed by atoms with Crippen LogP contribution in [0, 0.1) is 42.9 Å². The Balaban J connectivity index is 1.63. The van der Waals surface area contributed by atoms with Crippen LogP contribution in [0.5, 0.6) is 11.5 Å². The van der Waals surface area contributed by atoms with E-state index in [1.54, 1.807) is 11.1 Å². The van der Waals surface area contributed by atoms with Gasteiger partial charge in [0.2, 0.25) is 40.8 Å². The molecule has 0 saturated heterocycles. The first-order valence-corrected chi connectivity index (χ1v) is 11.1. The summed E-state index contributed by atoms with van der Waals surface area (Å²) in [5.41, 5.74) is 8.30. The van der Waals surface area contributed by atoms with Crippen LogP contribution in [0.25, 0.3) is 0 Å². The van der Waals surface area contributed by atoms with Crippen molar-refractivity contribution in [3.05, 3.63) is 62.8 Å². The van der Waals surface area contributed by atoms with Crippen molar-refractivity contribution >= 4 is 29.3 Å². The zero-order valence-corrected chi connectivity index (χ0v) is 20.4. The molecule has 2 aromatic heterocycles. The maximum atomic E-state index is 14.0. The average molecular weight is 544 g/mol. The van der Waals surface area contributed by atoms with Crippen LogP contribution in [-0.4, -0.2) is 34.6 Å². The van der Waals surface area contributed by atoms with E-state index in [0.29, 0.717) is 22.8 Å². The average Bonchev–Trinajstić information content (AvgIpc) is 3.18. The Kier molecular flexibility index (Phi) is 7.09. The van der Waals surface area contributed by atoms with Crippen LogP contribution >= 0.6 is 11.6 Å². The molecule has 1 aliphatic rings. The third-order valence-electron chi connectivity index (χ3n) is 5.93. The quantitative estimate of drug-likeness (QED) is 0.121. The van der Waals surface area contributed by atoms with E-state index in [4.69, 9.17) is 22.1 Å². The van der Waals surface area contributed by atoms with E-state index in [1.165, 1.54) is 7.11 Å². The second-order valence-electron chi connectivity index (χ2n) is 8.31. The highest BCUT2D eigenvalue weighted by molar-refractivity contribution is 6.30. The number of carbonyl (C=O) groups is 1. The van der Waals surface area contributed by atoms with E-state index in [1.807, 2.05) is 13.8 Å². The fraction of sp³-hybridized carbons (Fsp3) is 0.304. The number of halogens is 6. The maximum absolute atomic E-state index is 14.0. The number of hydrogen-bond donors (Lipinski definition) is 1. The summed E-state index contributed by atoms with van der Waals surface area (Å²) >= 11 is 6.28. The molecule has 4 rings (SSSR count). The number of ether oxygens (including phenoxy) is 2. The van der Waals surface area contributed by atoms with Crippen molar-refractivity contribution in [1.29, 1.82) is 0 Å². The molecule has 0 fully saturated rings. The van der Waals surface area contributed by atoms with Crippen molar-refractivity contribution in [3.63, 3.8) is 0 Å². The number of anilines is 2. The monoisotopic (exact) mass is 543 g/mol. The lowest BCUT2D eigenvalue weighted by atomic mass is 10.0. The molecule has 1 unspecified atom stereocenters. The van der Waals surface area contributed by atoms with Gasteiger partial charge in [0.25, 0.3) is 0 Å². The number of fused-ring (bicyclic) bond motifs is 1. The normalized spacial score (nSPS) is 14.6. The van der Waals surface area contributed by atoms with Gasteiger partial charge < -0.3 is 20.1 Å². The molecule has 8 nitrogen and oxygen atoms in total. The van der Waals surface area contributed by atoms with Crippen LogP contribution in [0.4, 0.5) is 33.7 Å². The Bertz CT molecular complexity index is 1400. The molecule has 3 heterocycles. The minimum Gasteiger partial charge on any atom is -0.496 e. The topological polar surface area (TPSA) is 103 Å². The van der Waals surface area contributed by atoms with E-state index in [-0.39, 0.29) is 24.2 Å². The summed E-state index contributed by atoms with van der Waals surface area (Å²) in [7, 11) is 1.53. The predicted molar refractivity (Wildman–Crippen MR) is 122 cm³/mol. The molecule has 37 heavy (non-hydrogen) atoms. The summed E-state index contributed by atoms with van der Waals surface area (Å²) in [6, 6.07) is 0. The Morgan fingerprint density at radius 3 is 2.32 bits per heavy atom. The SMILES string of the molecule is COc1c(C)cnc(CN2CC(CC(=O)Oc3c(F)c(F)c(F)c(F)c3F)c3c(Cl)nc(N)nc32)c1C. The summed E-state index contributed by atoms with van der Waals surface area (Å²) < 4.78 is 78.2. The van der Waals surface area contributed by atoms with Crippen LogP contribution in [0.3, 0.4) is 0 Å². The molecule has 0 saturated carbocycles. The lowest BCUT2D eigenvalue weighted by molar-refractivity contribution is -0.135. The number of aryl methyl sites for hydroxylation is 1. The van der Waals surface area contributed by atoms with Gasteiger partial charge in [-0.1, -0.05) is 11.6 Å². The van der Waals surface area contributed by atoms with Crippen LogP contribution in [0.2, 0.25) is 5.15 Å². The molecule has 0 bridgehead atoms. The van der Waals surface area contributed by atoms with Crippen LogP contribution in [0.1, 0.15) is 34.7 Å². The number of esters is 1. The summed E-state index contributed by atoms with van der Waals surface area (Å²) in [6.07, 6.45) is 1.10. The van der Waals surface area contributed by atoms with Crippen LogP contribution < -0.4 is 20.1 Å². The van der Waals surface area contributed by atoms with Crippen LogP contribution in [-0.2, 0) is 11.3 Å². The highest BCUT2D eigenvalue weighted by atomic mass is 35.5. The number of methoxy groups -OCH3 is 1. The molecule has 1 aliphatic heterocycles. The number of nitrogens with zero attached hydrogens (tertiary/aromatic N) is 4. The van der Waals surface area contributed by atoms with Crippen molar-refractivity contribution in [2.24, 2.45) is 0 Å². The predicted octanol–water partition coefficient (Wildman–Crippen LogP) is 4.53. The lowest BCUT2D eigenvalue weighted by Gasteiger charge is -2.21. The highest BCUT2D eigenvalue weighted by Crippen LogP contribution is 2.42. The number of aromatic nitrogens is 3. The molecule has 1 aromatic carbocycles. The molecular weight excluding hydrogens is 525 g/mol. The molecule has 1 atom stereocenters. The van der Waals surface area contributed by atoms with Gasteiger partial charge in [0.15, 0.2) is 0 Å². The van der Waals surface area contributed by atoms with Gasteiger partial charge in [-0.3, -0.25) is 9.78 Å². The van der Waals surface area contributed by atoms with Gasteiger partial charge in [0, 0.05) is 35.3 Å². The molecule has 14 heteroatoms. The van der Waals surface area contributed by atoms with Crippen LogP contribution in [0.15, 0.2) is 6.20 Å². The molecule has 2 N–H and O–H groups in total. The minimum absolute atomic E-state index is 0.0646. The number of pyridine rings is 1. The molecule has 0 amide bonds. The van der Waals surface area contributed by atoms with Crippen molar-refractivity contribution in [1.82, 2.24) is 15.0 Å². The Labute approximate surface area is 212 Å². The van der Waals surface area contributed by atoms with E-state index < -0.39 is 53.1 Å². The molecular formula is C23H19ClF5N5O3. The van der Waals surface area contributed by atoms with Gasteiger partial charge in [0.05, 0.1) is 25.8 Å². The number of benzene rings is 1. The number of nitrogens with two attached hydrogens (primary N) is 1. The van der Waals surface area contributed by atoms with Crippen molar-refractivity contribution in [3.8, 4) is 11.5 Å². The number of carbonyl (C=O) groups excluding carboxylic acids is 1. The third kappa shape index (κ3) is 4.70. The van der Waals surface area contributed by atoms with E-state index in [0.717, 1.165) is 11.1 Å². The van der Waals surface area contributed by atoms with Gasteiger partial charge in [-0.15, -0.1) is 0 Å². The molecule has 3 aromatic rings. The minimum atomic E-state index is -2.37. The van der Waals surface area contributed by atoms with Gasteiger partial charge in [0.1, 0.15) is 16.7 Å². The fourth-order valence-corrected chi connectivity index (χ4v) is 4.56. The van der Waals surface area contributed by atoms with E-state index >= 15 is 0 Å². The van der Waals surface area contributed by atoms with Gasteiger partial charge >= 0.3 is 5.97 Å². The van der Waals surface area contributed by atoms with Gasteiger partial charge in [-0.2, -0.15) is 13.8 Å². The van der Waals surface area contributed by atoms with E-state index in [2.05, 4.69) is 19.7 Å². The summed E-state index contributed by atoms with van der Waals surface area (Å²) in [4.78, 5) is 26.9. The number of rotatable bonds is 6. The van der Waals surface area contributed by atoms with Crippen molar-refractivity contribution in [2.45, 2.75) is 32.7 Å². The Morgan fingerprint density at radius 1 is 1.08 bits per heavy atom. The zero-order valence-electron chi connectivity index (χ0n) is 19.6. The van der Waals surface area contributed by atoms with Gasteiger partial charge in [-0.25, -0.2) is 18.2 Å². The maximum Gasteiger partial charge on any atom is 0.312 e. The molecule has 0 radical (unpaired) electrons. The van der Waals surface area contributed by atoms with Crippen molar-refractivity contribution in [2.75, 3.05) is 24.3 Å². The largest absolute Gasteiger partial charge is 0.496 e. The second-order valence-corrected chi connectivity index (χ2v) is 8.67. The number of nitrogen functional groups attached to an aromatic ring is 1. The first kappa shape index (κ1) is 26.3. The summed E-state index contributed by atoms with van der Waals surface area (Å²) in [6.45, 7) is 3.97. The molecule has 0 spiro atoms. The molecule has 0 aliphatic carbocycles. The highest BCUT2D eigenvalue weighted by Gasteiger charge is 2.37. The summed E-state index contributed by atoms with van der Waals surface area (Å²) in [5.74, 6) is -14.3. The lowest BCUT2D eigenvalue weighted by Crippen LogP contribution is -2.25. The Hall–Kier alpha value is -3.74. The van der Waals surface area contributed by atoms with Gasteiger partial charge in [-0.05, 0) is 13.8 Å². The smallest absolute Gasteiger partial charge is 0.312 e. The Morgan fingerprint density at radius 2 is 1.70 bits per heavy atom. The standard InChI is InChI=1S/C23H19ClF5N5O3/c1-8-5-31-11(9(2)19(8)36-3)7-34-6-10(13-21(24)32-23(30)33-22(13)34)4-12(35)37-20-17(28)15(26)14(25)16(27)18(20)29/h5,10H,4,6-7H2,1-3H3,(H2,30,32,33). The zero-order chi connectivity index (χ0) is 27.2. The second kappa shape index (κ2) is 9.96. The van der Waals surface area contributed by atoms with Crippen molar-refractivity contribution < 1.29 is 36.2 Å². The first-order chi connectivity index (χ1) is 17.4.